The first-order chi connectivity index (χ1) is 7.66. The van der Waals surface area contributed by atoms with Crippen LogP contribution in [0.4, 0.5) is 0 Å². The van der Waals surface area contributed by atoms with Crippen LogP contribution in [-0.2, 0) is 9.53 Å². The summed E-state index contributed by atoms with van der Waals surface area (Å²) in [5, 5.41) is 0. The average molecular weight is 217 g/mol. The first-order valence-electron chi connectivity index (χ1n) is 5.51. The smallest absolute Gasteiger partial charge is 0.337 e. The summed E-state index contributed by atoms with van der Waals surface area (Å²) in [4.78, 5) is 15.9. The Bertz CT molecular complexity index is 409. The van der Waals surface area contributed by atoms with E-state index in [1.165, 1.54) is 0 Å². The van der Waals surface area contributed by atoms with Crippen LogP contribution in [0.1, 0.15) is 25.8 Å². The molecule has 0 fully saturated rings. The molecule has 0 saturated carbocycles. The standard InChI is InChI=1S/C13H15NO2/c1-9(2)8-11-13(15)16-12(14-11)10-6-4-3-5-7-10/h3-7,9,11H,8H2,1-2H3/t11-/m0/s1. The van der Waals surface area contributed by atoms with Crippen molar-refractivity contribution in [3.05, 3.63) is 35.9 Å². The van der Waals surface area contributed by atoms with E-state index in [-0.39, 0.29) is 12.0 Å². The molecule has 0 spiro atoms. The van der Waals surface area contributed by atoms with Crippen LogP contribution in [-0.4, -0.2) is 17.9 Å². The maximum Gasteiger partial charge on any atom is 0.337 e. The minimum Gasteiger partial charge on any atom is -0.406 e. The minimum absolute atomic E-state index is 0.229. The minimum atomic E-state index is -0.324. The van der Waals surface area contributed by atoms with Crippen LogP contribution in [0.5, 0.6) is 0 Å². The van der Waals surface area contributed by atoms with E-state index in [9.17, 15) is 4.79 Å². The Morgan fingerprint density at radius 3 is 2.62 bits per heavy atom. The second-order valence-corrected chi connectivity index (χ2v) is 4.37. The van der Waals surface area contributed by atoms with Crippen molar-refractivity contribution >= 4 is 11.9 Å². The van der Waals surface area contributed by atoms with Gasteiger partial charge < -0.3 is 4.74 Å². The van der Waals surface area contributed by atoms with Crippen LogP contribution in [0.2, 0.25) is 0 Å². The molecular weight excluding hydrogens is 202 g/mol. The van der Waals surface area contributed by atoms with Gasteiger partial charge in [0.25, 0.3) is 0 Å². The van der Waals surface area contributed by atoms with E-state index < -0.39 is 0 Å². The van der Waals surface area contributed by atoms with Crippen LogP contribution in [0.25, 0.3) is 0 Å². The Kier molecular flexibility index (Phi) is 3.04. The molecule has 16 heavy (non-hydrogen) atoms. The van der Waals surface area contributed by atoms with Gasteiger partial charge in [0, 0.05) is 5.56 Å². The van der Waals surface area contributed by atoms with Gasteiger partial charge in [0.2, 0.25) is 5.90 Å². The van der Waals surface area contributed by atoms with Crippen LogP contribution >= 0.6 is 0 Å². The fourth-order valence-electron chi connectivity index (χ4n) is 1.69. The van der Waals surface area contributed by atoms with Crippen molar-refractivity contribution in [2.45, 2.75) is 26.3 Å². The van der Waals surface area contributed by atoms with Crippen molar-refractivity contribution < 1.29 is 9.53 Å². The summed E-state index contributed by atoms with van der Waals surface area (Å²) in [5.74, 6) is 0.667. The first-order valence-corrected chi connectivity index (χ1v) is 5.51. The average Bonchev–Trinajstić information content (AvgIpc) is 2.61. The Labute approximate surface area is 95.2 Å². The number of hydrogen-bond acceptors (Lipinski definition) is 3. The van der Waals surface area contributed by atoms with E-state index in [0.29, 0.717) is 11.8 Å². The van der Waals surface area contributed by atoms with Crippen molar-refractivity contribution in [1.82, 2.24) is 0 Å². The lowest BCUT2D eigenvalue weighted by Crippen LogP contribution is -2.17. The second kappa shape index (κ2) is 4.47. The summed E-state index contributed by atoms with van der Waals surface area (Å²) in [5.41, 5.74) is 0.863. The van der Waals surface area contributed by atoms with Crippen LogP contribution in [0.15, 0.2) is 35.3 Å². The summed E-state index contributed by atoms with van der Waals surface area (Å²) in [6.07, 6.45) is 0.745. The highest BCUT2D eigenvalue weighted by Crippen LogP contribution is 2.18. The van der Waals surface area contributed by atoms with E-state index in [2.05, 4.69) is 18.8 Å². The van der Waals surface area contributed by atoms with E-state index in [0.717, 1.165) is 12.0 Å². The summed E-state index contributed by atoms with van der Waals surface area (Å²) in [6, 6.07) is 9.19. The van der Waals surface area contributed by atoms with Crippen LogP contribution in [0, 0.1) is 5.92 Å². The molecule has 1 heterocycles. The van der Waals surface area contributed by atoms with E-state index in [1.807, 2.05) is 30.3 Å². The summed E-state index contributed by atoms with van der Waals surface area (Å²) < 4.78 is 5.17. The van der Waals surface area contributed by atoms with Gasteiger partial charge in [-0.2, -0.15) is 0 Å². The number of benzene rings is 1. The van der Waals surface area contributed by atoms with Gasteiger partial charge in [-0.05, 0) is 24.5 Å². The number of esters is 1. The third-order valence-corrected chi connectivity index (χ3v) is 2.46. The van der Waals surface area contributed by atoms with Crippen molar-refractivity contribution in [3.63, 3.8) is 0 Å². The molecule has 1 aromatic carbocycles. The zero-order chi connectivity index (χ0) is 11.5. The van der Waals surface area contributed by atoms with Gasteiger partial charge in [-0.1, -0.05) is 32.0 Å². The predicted molar refractivity (Wildman–Crippen MR) is 62.3 cm³/mol. The molecule has 3 heteroatoms. The molecule has 0 aromatic heterocycles. The highest BCUT2D eigenvalue weighted by Gasteiger charge is 2.29. The molecule has 1 atom stereocenters. The number of hydrogen-bond donors (Lipinski definition) is 0. The molecule has 0 aliphatic carbocycles. The summed E-state index contributed by atoms with van der Waals surface area (Å²) in [7, 11) is 0. The Hall–Kier alpha value is -1.64. The number of carbonyl (C=O) groups excluding carboxylic acids is 1. The molecule has 0 unspecified atom stereocenters. The van der Waals surface area contributed by atoms with Gasteiger partial charge in [-0.3, -0.25) is 0 Å². The highest BCUT2D eigenvalue weighted by atomic mass is 16.6. The van der Waals surface area contributed by atoms with Gasteiger partial charge in [0.05, 0.1) is 0 Å². The molecule has 0 radical (unpaired) electrons. The molecular formula is C13H15NO2. The van der Waals surface area contributed by atoms with Crippen LogP contribution in [0.3, 0.4) is 0 Å². The SMILES string of the molecule is CC(C)C[C@@H]1N=C(c2ccccc2)OC1=O. The lowest BCUT2D eigenvalue weighted by atomic mass is 10.1. The molecule has 0 N–H and O–H groups in total. The van der Waals surface area contributed by atoms with Crippen molar-refractivity contribution in [2.24, 2.45) is 10.9 Å². The van der Waals surface area contributed by atoms with E-state index in [1.54, 1.807) is 0 Å². The second-order valence-electron chi connectivity index (χ2n) is 4.37. The lowest BCUT2D eigenvalue weighted by molar-refractivity contribution is -0.135. The monoisotopic (exact) mass is 217 g/mol. The number of aliphatic imine (C=N–C) groups is 1. The molecule has 0 saturated heterocycles. The Morgan fingerprint density at radius 2 is 2.00 bits per heavy atom. The van der Waals surface area contributed by atoms with Gasteiger partial charge >= 0.3 is 5.97 Å². The molecule has 1 aliphatic heterocycles. The highest BCUT2D eigenvalue weighted by molar-refractivity contribution is 6.06. The molecule has 1 aliphatic rings. The number of carbonyl (C=O) groups is 1. The largest absolute Gasteiger partial charge is 0.406 e. The lowest BCUT2D eigenvalue weighted by Gasteiger charge is -2.05. The molecule has 3 nitrogen and oxygen atoms in total. The number of rotatable bonds is 3. The fourth-order valence-corrected chi connectivity index (χ4v) is 1.69. The van der Waals surface area contributed by atoms with Crippen molar-refractivity contribution in [1.29, 1.82) is 0 Å². The van der Waals surface area contributed by atoms with Gasteiger partial charge in [0.1, 0.15) is 0 Å². The van der Waals surface area contributed by atoms with Gasteiger partial charge in [0.15, 0.2) is 6.04 Å². The third kappa shape index (κ3) is 2.30. The van der Waals surface area contributed by atoms with Crippen molar-refractivity contribution in [3.8, 4) is 0 Å². The Morgan fingerprint density at radius 1 is 1.31 bits per heavy atom. The van der Waals surface area contributed by atoms with Gasteiger partial charge in [-0.25, -0.2) is 9.79 Å². The third-order valence-electron chi connectivity index (χ3n) is 2.46. The normalized spacial score (nSPS) is 19.8. The first kappa shape index (κ1) is 10.9. The zero-order valence-corrected chi connectivity index (χ0v) is 9.51. The van der Waals surface area contributed by atoms with Crippen molar-refractivity contribution in [2.75, 3.05) is 0 Å². The summed E-state index contributed by atoms with van der Waals surface area (Å²) in [6.45, 7) is 4.15. The Balaban J connectivity index is 2.17. The van der Waals surface area contributed by atoms with Gasteiger partial charge in [-0.15, -0.1) is 0 Å². The molecule has 84 valence electrons. The maximum atomic E-state index is 11.6. The number of ether oxygens (including phenoxy) is 1. The summed E-state index contributed by atoms with van der Waals surface area (Å²) >= 11 is 0. The van der Waals surface area contributed by atoms with E-state index >= 15 is 0 Å². The fraction of sp³-hybridized carbons (Fsp3) is 0.385. The number of nitrogens with zero attached hydrogens (tertiary/aromatic N) is 1. The molecule has 1 aromatic rings. The number of cyclic esters (lactones) is 1. The predicted octanol–water partition coefficient (Wildman–Crippen LogP) is 2.40. The zero-order valence-electron chi connectivity index (χ0n) is 9.51. The quantitative estimate of drug-likeness (QED) is 0.729. The molecule has 0 bridgehead atoms. The molecule has 2 rings (SSSR count). The topological polar surface area (TPSA) is 38.7 Å². The molecule has 0 amide bonds. The van der Waals surface area contributed by atoms with Crippen LogP contribution < -0.4 is 0 Å². The van der Waals surface area contributed by atoms with E-state index in [4.69, 9.17) is 4.74 Å². The maximum absolute atomic E-state index is 11.6.